The smallest absolute Gasteiger partial charge is 0.171 e. The van der Waals surface area contributed by atoms with Crippen LogP contribution in [0.5, 0.6) is 0 Å². The lowest BCUT2D eigenvalue weighted by atomic mass is 10.1. The summed E-state index contributed by atoms with van der Waals surface area (Å²) in [6, 6.07) is 8.69. The van der Waals surface area contributed by atoms with Crippen LogP contribution in [0, 0.1) is 0 Å². The SMILES string of the molecule is S=C(Nc1cccc2ccncc12)NC1CCCC1. The molecule has 1 saturated carbocycles. The van der Waals surface area contributed by atoms with Crippen molar-refractivity contribution in [1.29, 1.82) is 0 Å². The highest BCUT2D eigenvalue weighted by molar-refractivity contribution is 7.80. The summed E-state index contributed by atoms with van der Waals surface area (Å²) in [5, 5.41) is 9.66. The first-order valence-corrected chi connectivity index (χ1v) is 7.14. The number of nitrogens with one attached hydrogen (secondary N) is 2. The average Bonchev–Trinajstić information content (AvgIpc) is 2.92. The van der Waals surface area contributed by atoms with Crippen molar-refractivity contribution in [3.8, 4) is 0 Å². The second-order valence-electron chi connectivity index (χ2n) is 4.98. The quantitative estimate of drug-likeness (QED) is 0.820. The Hall–Kier alpha value is -1.68. The molecule has 1 fully saturated rings. The van der Waals surface area contributed by atoms with Gasteiger partial charge in [-0.2, -0.15) is 0 Å². The average molecular weight is 271 g/mol. The predicted octanol–water partition coefficient (Wildman–Crippen LogP) is 3.46. The number of rotatable bonds is 2. The maximum Gasteiger partial charge on any atom is 0.171 e. The fourth-order valence-electron chi connectivity index (χ4n) is 2.64. The van der Waals surface area contributed by atoms with Crippen LogP contribution in [-0.4, -0.2) is 16.1 Å². The summed E-state index contributed by atoms with van der Waals surface area (Å²) >= 11 is 5.39. The Morgan fingerprint density at radius 2 is 2.05 bits per heavy atom. The fraction of sp³-hybridized carbons (Fsp3) is 0.333. The molecule has 0 aliphatic heterocycles. The van der Waals surface area contributed by atoms with Gasteiger partial charge in [0.25, 0.3) is 0 Å². The van der Waals surface area contributed by atoms with Crippen molar-refractivity contribution in [2.75, 3.05) is 5.32 Å². The van der Waals surface area contributed by atoms with Crippen LogP contribution in [0.2, 0.25) is 0 Å². The van der Waals surface area contributed by atoms with Gasteiger partial charge in [0.2, 0.25) is 0 Å². The van der Waals surface area contributed by atoms with Crippen molar-refractivity contribution in [2.24, 2.45) is 0 Å². The molecule has 0 atom stereocenters. The van der Waals surface area contributed by atoms with E-state index in [0.717, 1.165) is 11.1 Å². The van der Waals surface area contributed by atoms with Crippen LogP contribution in [-0.2, 0) is 0 Å². The van der Waals surface area contributed by atoms with Crippen LogP contribution in [0.4, 0.5) is 5.69 Å². The third-order valence-corrected chi connectivity index (χ3v) is 3.84. The largest absolute Gasteiger partial charge is 0.360 e. The number of benzene rings is 1. The van der Waals surface area contributed by atoms with E-state index in [2.05, 4.69) is 21.7 Å². The zero-order chi connectivity index (χ0) is 13.1. The summed E-state index contributed by atoms with van der Waals surface area (Å²) in [6.45, 7) is 0. The first-order valence-electron chi connectivity index (χ1n) is 6.73. The van der Waals surface area contributed by atoms with E-state index in [1.54, 1.807) is 6.20 Å². The van der Waals surface area contributed by atoms with Crippen molar-refractivity contribution in [3.63, 3.8) is 0 Å². The molecule has 1 aromatic carbocycles. The molecule has 0 bridgehead atoms. The number of pyridine rings is 1. The Morgan fingerprint density at radius 3 is 2.89 bits per heavy atom. The van der Waals surface area contributed by atoms with Crippen molar-refractivity contribution < 1.29 is 0 Å². The van der Waals surface area contributed by atoms with E-state index in [4.69, 9.17) is 12.2 Å². The molecule has 2 aromatic rings. The maximum absolute atomic E-state index is 5.39. The highest BCUT2D eigenvalue weighted by atomic mass is 32.1. The molecule has 2 N–H and O–H groups in total. The van der Waals surface area contributed by atoms with Crippen molar-refractivity contribution in [2.45, 2.75) is 31.7 Å². The Balaban J connectivity index is 1.75. The number of nitrogens with zero attached hydrogens (tertiary/aromatic N) is 1. The predicted molar refractivity (Wildman–Crippen MR) is 83.4 cm³/mol. The number of thiocarbonyl (C=S) groups is 1. The lowest BCUT2D eigenvalue weighted by molar-refractivity contribution is 0.634. The molecule has 1 aromatic heterocycles. The van der Waals surface area contributed by atoms with Gasteiger partial charge in [-0.25, -0.2) is 0 Å². The minimum Gasteiger partial charge on any atom is -0.360 e. The topological polar surface area (TPSA) is 37.0 Å². The summed E-state index contributed by atoms with van der Waals surface area (Å²) in [7, 11) is 0. The lowest BCUT2D eigenvalue weighted by Crippen LogP contribution is -2.35. The number of fused-ring (bicyclic) bond motifs is 1. The summed E-state index contributed by atoms with van der Waals surface area (Å²) in [4.78, 5) is 4.18. The van der Waals surface area contributed by atoms with Crippen LogP contribution < -0.4 is 10.6 Å². The number of aromatic nitrogens is 1. The molecule has 4 heteroatoms. The summed E-state index contributed by atoms with van der Waals surface area (Å²) in [6.07, 6.45) is 8.73. The Kier molecular flexibility index (Phi) is 3.60. The molecule has 1 aliphatic rings. The normalized spacial score (nSPS) is 15.6. The Bertz CT molecular complexity index is 585. The minimum absolute atomic E-state index is 0.535. The van der Waals surface area contributed by atoms with Crippen LogP contribution in [0.15, 0.2) is 36.7 Å². The molecule has 19 heavy (non-hydrogen) atoms. The van der Waals surface area contributed by atoms with Crippen LogP contribution in [0.1, 0.15) is 25.7 Å². The highest BCUT2D eigenvalue weighted by Gasteiger charge is 2.15. The minimum atomic E-state index is 0.535. The monoisotopic (exact) mass is 271 g/mol. The molecule has 0 amide bonds. The summed E-state index contributed by atoms with van der Waals surface area (Å²) in [5.74, 6) is 0. The number of hydrogen-bond donors (Lipinski definition) is 2. The van der Waals surface area contributed by atoms with Gasteiger partial charge in [0.05, 0.1) is 0 Å². The maximum atomic E-state index is 5.39. The van der Waals surface area contributed by atoms with E-state index in [0.29, 0.717) is 11.2 Å². The highest BCUT2D eigenvalue weighted by Crippen LogP contribution is 2.22. The van der Waals surface area contributed by atoms with E-state index < -0.39 is 0 Å². The summed E-state index contributed by atoms with van der Waals surface area (Å²) < 4.78 is 0. The van der Waals surface area contributed by atoms with Gasteiger partial charge in [-0.15, -0.1) is 0 Å². The molecule has 3 rings (SSSR count). The Morgan fingerprint density at radius 1 is 1.21 bits per heavy atom. The van der Waals surface area contributed by atoms with Gasteiger partial charge in [-0.1, -0.05) is 25.0 Å². The van der Waals surface area contributed by atoms with Crippen molar-refractivity contribution in [1.82, 2.24) is 10.3 Å². The number of hydrogen-bond acceptors (Lipinski definition) is 2. The molecule has 3 nitrogen and oxygen atoms in total. The van der Waals surface area contributed by atoms with Gasteiger partial charge in [0.15, 0.2) is 5.11 Å². The van der Waals surface area contributed by atoms with Gasteiger partial charge in [0, 0.05) is 29.5 Å². The molecular weight excluding hydrogens is 254 g/mol. The van der Waals surface area contributed by atoms with E-state index in [1.807, 2.05) is 24.4 Å². The van der Waals surface area contributed by atoms with Gasteiger partial charge < -0.3 is 10.6 Å². The number of anilines is 1. The molecule has 0 radical (unpaired) electrons. The van der Waals surface area contributed by atoms with E-state index in [1.165, 1.54) is 31.1 Å². The molecule has 1 aliphatic carbocycles. The van der Waals surface area contributed by atoms with Gasteiger partial charge >= 0.3 is 0 Å². The zero-order valence-electron chi connectivity index (χ0n) is 10.7. The molecule has 0 spiro atoms. The second-order valence-corrected chi connectivity index (χ2v) is 5.39. The Labute approximate surface area is 118 Å². The van der Waals surface area contributed by atoms with Gasteiger partial charge in [-0.05, 0) is 42.6 Å². The van der Waals surface area contributed by atoms with Crippen LogP contribution >= 0.6 is 12.2 Å². The van der Waals surface area contributed by atoms with Gasteiger partial charge in [0.1, 0.15) is 0 Å². The fourth-order valence-corrected chi connectivity index (χ4v) is 2.91. The first kappa shape index (κ1) is 12.4. The third-order valence-electron chi connectivity index (χ3n) is 3.62. The van der Waals surface area contributed by atoms with Crippen molar-refractivity contribution in [3.05, 3.63) is 36.7 Å². The molecule has 0 saturated heterocycles. The van der Waals surface area contributed by atoms with Crippen LogP contribution in [0.25, 0.3) is 10.8 Å². The molecule has 0 unspecified atom stereocenters. The van der Waals surface area contributed by atoms with Gasteiger partial charge in [-0.3, -0.25) is 4.98 Å². The van der Waals surface area contributed by atoms with E-state index in [9.17, 15) is 0 Å². The van der Waals surface area contributed by atoms with E-state index >= 15 is 0 Å². The molecule has 98 valence electrons. The van der Waals surface area contributed by atoms with E-state index in [-0.39, 0.29) is 0 Å². The molecular formula is C15H17N3S. The lowest BCUT2D eigenvalue weighted by Gasteiger charge is -2.16. The summed E-state index contributed by atoms with van der Waals surface area (Å²) in [5.41, 5.74) is 1.01. The molecule has 1 heterocycles. The van der Waals surface area contributed by atoms with Crippen LogP contribution in [0.3, 0.4) is 0 Å². The standard InChI is InChI=1S/C15H17N3S/c19-15(17-12-5-1-2-6-12)18-14-7-3-4-11-8-9-16-10-13(11)14/h3-4,7-10,12H,1-2,5-6H2,(H2,17,18,19). The zero-order valence-corrected chi connectivity index (χ0v) is 11.5. The first-order chi connectivity index (χ1) is 9.33. The second kappa shape index (κ2) is 5.53. The van der Waals surface area contributed by atoms with Crippen molar-refractivity contribution >= 4 is 33.8 Å². The third kappa shape index (κ3) is 2.84.